The van der Waals surface area contributed by atoms with E-state index in [0.717, 1.165) is 22.3 Å². The van der Waals surface area contributed by atoms with Gasteiger partial charge < -0.3 is 19.7 Å². The predicted molar refractivity (Wildman–Crippen MR) is 184 cm³/mol. The van der Waals surface area contributed by atoms with Crippen molar-refractivity contribution in [1.82, 2.24) is 0 Å². The van der Waals surface area contributed by atoms with Crippen LogP contribution < -0.4 is 0 Å². The van der Waals surface area contributed by atoms with Crippen LogP contribution in [0.15, 0.2) is 24.3 Å². The van der Waals surface area contributed by atoms with E-state index >= 15 is 0 Å². The Morgan fingerprint density at radius 3 is 0.978 bits per heavy atom. The summed E-state index contributed by atoms with van der Waals surface area (Å²) < 4.78 is 11.8. The van der Waals surface area contributed by atoms with Crippen molar-refractivity contribution >= 4 is 11.6 Å². The summed E-state index contributed by atoms with van der Waals surface area (Å²) in [5, 5.41) is 21.9. The molecule has 0 atom stereocenters. The molecule has 0 spiro atoms. The van der Waals surface area contributed by atoms with Crippen molar-refractivity contribution in [3.8, 4) is 11.5 Å². The Kier molecular flexibility index (Phi) is 11.9. The van der Waals surface area contributed by atoms with Gasteiger partial charge in [0.1, 0.15) is 11.5 Å². The average molecular weight is 625 g/mol. The molecule has 0 radical (unpaired) electrons. The third-order valence-corrected chi connectivity index (χ3v) is 8.03. The Bertz CT molecular complexity index is 1180. The Labute approximate surface area is 272 Å². The molecule has 0 saturated carbocycles. The molecule has 6 heteroatoms. The van der Waals surface area contributed by atoms with Crippen molar-refractivity contribution < 1.29 is 29.3 Å². The number of hydrogen-bond donors (Lipinski definition) is 2. The second-order valence-electron chi connectivity index (χ2n) is 17.5. The molecule has 0 aliphatic rings. The fourth-order valence-corrected chi connectivity index (χ4v) is 5.23. The lowest BCUT2D eigenvalue weighted by Gasteiger charge is -2.28. The van der Waals surface area contributed by atoms with Crippen LogP contribution in [0.4, 0.5) is 0 Å². The number of ketones is 2. The molecule has 45 heavy (non-hydrogen) atoms. The first kappa shape index (κ1) is 38.5. The zero-order valence-electron chi connectivity index (χ0n) is 30.6. The minimum Gasteiger partial charge on any atom is -0.507 e. The van der Waals surface area contributed by atoms with Crippen LogP contribution in [0.2, 0.25) is 0 Å². The number of rotatable bonds is 12. The van der Waals surface area contributed by atoms with Crippen LogP contribution in [0.5, 0.6) is 11.5 Å². The van der Waals surface area contributed by atoms with Gasteiger partial charge in [0.15, 0.2) is 11.6 Å². The average Bonchev–Trinajstić information content (AvgIpc) is 2.86. The fourth-order valence-electron chi connectivity index (χ4n) is 5.23. The van der Waals surface area contributed by atoms with Crippen molar-refractivity contribution in [1.29, 1.82) is 0 Å². The van der Waals surface area contributed by atoms with Crippen molar-refractivity contribution in [2.45, 2.75) is 131 Å². The highest BCUT2D eigenvalue weighted by Gasteiger charge is 2.29. The molecule has 0 heterocycles. The lowest BCUT2D eigenvalue weighted by molar-refractivity contribution is -0.00301. The van der Waals surface area contributed by atoms with Gasteiger partial charge in [0, 0.05) is 51.6 Å². The maximum Gasteiger partial charge on any atom is 0.165 e. The number of hydrogen-bond acceptors (Lipinski definition) is 6. The highest BCUT2D eigenvalue weighted by molar-refractivity contribution is 5.97. The second kappa shape index (κ2) is 14.0. The molecule has 0 saturated heterocycles. The second-order valence-corrected chi connectivity index (χ2v) is 17.5. The molecule has 0 aromatic heterocycles. The molecule has 252 valence electrons. The minimum atomic E-state index is -0.305. The van der Waals surface area contributed by atoms with Gasteiger partial charge in [-0.2, -0.15) is 0 Å². The summed E-state index contributed by atoms with van der Waals surface area (Å²) in [5.41, 5.74) is 2.74. The van der Waals surface area contributed by atoms with Gasteiger partial charge in [-0.3, -0.25) is 9.59 Å². The molecule has 0 bridgehead atoms. The first-order valence-corrected chi connectivity index (χ1v) is 16.2. The normalized spacial score (nSPS) is 13.3. The topological polar surface area (TPSA) is 93.1 Å². The molecule has 0 aliphatic heterocycles. The summed E-state index contributed by atoms with van der Waals surface area (Å²) in [5.74, 6) is 0.492. The zero-order chi connectivity index (χ0) is 34.8. The Hall–Kier alpha value is -2.70. The lowest BCUT2D eigenvalue weighted by Crippen LogP contribution is -2.27. The van der Waals surface area contributed by atoms with Crippen LogP contribution in [0.3, 0.4) is 0 Å². The molecule has 0 fully saturated rings. The number of aromatic hydroxyl groups is 2. The molecule has 2 aromatic rings. The van der Waals surface area contributed by atoms with Gasteiger partial charge in [-0.1, -0.05) is 96.9 Å². The van der Waals surface area contributed by atoms with E-state index in [1.165, 1.54) is 0 Å². The monoisotopic (exact) mass is 624 g/mol. The number of carbonyl (C=O) groups excluding carboxylic acids is 2. The standard InChI is InChI=1S/C39H60O6/c1-35(2,3)27-19-25(20-28(33(27)42)36(4,5)6)31(40)15-17-44-23-39(13,14)24-45-18-16-32(41)26-21-29(37(7,8)9)34(43)30(22-26)38(10,11)12/h19-22,42-43H,15-18,23-24H2,1-14H3. The first-order valence-electron chi connectivity index (χ1n) is 16.2. The van der Waals surface area contributed by atoms with Gasteiger partial charge in [0.05, 0.1) is 26.4 Å². The summed E-state index contributed by atoms with van der Waals surface area (Å²) in [6, 6.07) is 7.27. The lowest BCUT2D eigenvalue weighted by atomic mass is 9.78. The van der Waals surface area contributed by atoms with Crippen LogP contribution in [0, 0.1) is 5.41 Å². The maximum atomic E-state index is 13.2. The van der Waals surface area contributed by atoms with Crippen LogP contribution in [0.25, 0.3) is 0 Å². The molecular formula is C39H60O6. The van der Waals surface area contributed by atoms with Crippen molar-refractivity contribution in [2.75, 3.05) is 26.4 Å². The predicted octanol–water partition coefficient (Wildman–Crippen LogP) is 9.19. The summed E-state index contributed by atoms with van der Waals surface area (Å²) >= 11 is 0. The van der Waals surface area contributed by atoms with Crippen molar-refractivity contribution in [3.05, 3.63) is 57.6 Å². The van der Waals surface area contributed by atoms with Crippen LogP contribution in [0.1, 0.15) is 153 Å². The molecule has 0 unspecified atom stereocenters. The highest BCUT2D eigenvalue weighted by Crippen LogP contribution is 2.41. The Balaban J connectivity index is 1.95. The van der Waals surface area contributed by atoms with E-state index in [1.807, 2.05) is 121 Å². The van der Waals surface area contributed by atoms with Crippen LogP contribution in [-0.4, -0.2) is 48.2 Å². The Morgan fingerprint density at radius 2 is 0.756 bits per heavy atom. The highest BCUT2D eigenvalue weighted by atomic mass is 16.5. The summed E-state index contributed by atoms with van der Waals surface area (Å²) in [4.78, 5) is 26.3. The number of carbonyl (C=O) groups is 2. The smallest absolute Gasteiger partial charge is 0.165 e. The summed E-state index contributed by atoms with van der Waals surface area (Å²) in [6.45, 7) is 29.8. The van der Waals surface area contributed by atoms with Gasteiger partial charge in [-0.15, -0.1) is 0 Å². The zero-order valence-corrected chi connectivity index (χ0v) is 30.6. The van der Waals surface area contributed by atoms with Gasteiger partial charge in [-0.25, -0.2) is 0 Å². The molecular weight excluding hydrogens is 564 g/mol. The van der Waals surface area contributed by atoms with E-state index in [4.69, 9.17) is 9.47 Å². The quantitative estimate of drug-likeness (QED) is 0.181. The van der Waals surface area contributed by atoms with Crippen LogP contribution in [-0.2, 0) is 31.1 Å². The molecule has 0 aliphatic carbocycles. The van der Waals surface area contributed by atoms with E-state index in [9.17, 15) is 19.8 Å². The van der Waals surface area contributed by atoms with Gasteiger partial charge in [0.2, 0.25) is 0 Å². The van der Waals surface area contributed by atoms with Gasteiger partial charge >= 0.3 is 0 Å². The fraction of sp³-hybridized carbons (Fsp3) is 0.641. The molecule has 6 nitrogen and oxygen atoms in total. The number of phenolic OH excluding ortho intramolecular Hbond substituents is 2. The molecule has 0 amide bonds. The van der Waals surface area contributed by atoms with Gasteiger partial charge in [-0.05, 0) is 45.9 Å². The SMILES string of the molecule is CC(C)(COCCC(=O)c1cc(C(C)(C)C)c(O)c(C(C)(C)C)c1)COCCC(=O)c1cc(C(C)(C)C)c(O)c(C(C)(C)C)c1. The number of benzene rings is 2. The van der Waals surface area contributed by atoms with E-state index in [2.05, 4.69) is 0 Å². The minimum absolute atomic E-state index is 0.0166. The Morgan fingerprint density at radius 1 is 0.511 bits per heavy atom. The number of ether oxygens (including phenoxy) is 2. The molecule has 2 N–H and O–H groups in total. The largest absolute Gasteiger partial charge is 0.507 e. The van der Waals surface area contributed by atoms with E-state index < -0.39 is 0 Å². The molecule has 2 rings (SSSR count). The third-order valence-electron chi connectivity index (χ3n) is 8.03. The summed E-state index contributed by atoms with van der Waals surface area (Å²) in [6.07, 6.45) is 0.478. The number of Topliss-reactive ketones (excluding diaryl/α,β-unsaturated/α-hetero) is 2. The van der Waals surface area contributed by atoms with Gasteiger partial charge in [0.25, 0.3) is 0 Å². The van der Waals surface area contributed by atoms with Crippen molar-refractivity contribution in [2.24, 2.45) is 5.41 Å². The summed E-state index contributed by atoms with van der Waals surface area (Å²) in [7, 11) is 0. The van der Waals surface area contributed by atoms with Crippen molar-refractivity contribution in [3.63, 3.8) is 0 Å². The molecule has 2 aromatic carbocycles. The maximum absolute atomic E-state index is 13.2. The van der Waals surface area contributed by atoms with Crippen LogP contribution >= 0.6 is 0 Å². The van der Waals surface area contributed by atoms with E-state index in [0.29, 0.717) is 24.3 Å². The van der Waals surface area contributed by atoms with E-state index in [1.54, 1.807) is 0 Å². The van der Waals surface area contributed by atoms with E-state index in [-0.39, 0.29) is 76.2 Å². The first-order chi connectivity index (χ1) is 20.3. The number of phenols is 2. The third kappa shape index (κ3) is 10.7.